The van der Waals surface area contributed by atoms with Crippen LogP contribution in [0, 0.1) is 0 Å². The van der Waals surface area contributed by atoms with Crippen molar-refractivity contribution < 1.29 is 9.53 Å². The number of hydrogen-bond donors (Lipinski definition) is 2. The van der Waals surface area contributed by atoms with E-state index in [1.165, 1.54) is 7.11 Å². The number of anilines is 1. The van der Waals surface area contributed by atoms with Gasteiger partial charge in [-0.3, -0.25) is 4.79 Å². The summed E-state index contributed by atoms with van der Waals surface area (Å²) < 4.78 is 4.59. The molecule has 1 aromatic carbocycles. The van der Waals surface area contributed by atoms with Gasteiger partial charge in [0.1, 0.15) is 4.99 Å². The van der Waals surface area contributed by atoms with Crippen molar-refractivity contribution in [1.29, 1.82) is 0 Å². The van der Waals surface area contributed by atoms with E-state index in [4.69, 9.17) is 29.6 Å². The summed E-state index contributed by atoms with van der Waals surface area (Å²) in [7, 11) is 1.36. The van der Waals surface area contributed by atoms with Crippen molar-refractivity contribution in [3.8, 4) is 0 Å². The Morgan fingerprint density at radius 2 is 2.28 bits per heavy atom. The van der Waals surface area contributed by atoms with Gasteiger partial charge in [0.2, 0.25) is 0 Å². The molecular formula is C12H15ClN2O2S. The molecule has 1 atom stereocenters. The Morgan fingerprint density at radius 3 is 2.78 bits per heavy atom. The van der Waals surface area contributed by atoms with Crippen LogP contribution < -0.4 is 11.1 Å². The lowest BCUT2D eigenvalue weighted by Gasteiger charge is -2.15. The van der Waals surface area contributed by atoms with Crippen LogP contribution in [0.3, 0.4) is 0 Å². The van der Waals surface area contributed by atoms with Gasteiger partial charge in [0.15, 0.2) is 0 Å². The van der Waals surface area contributed by atoms with E-state index < -0.39 is 0 Å². The first-order valence-corrected chi connectivity index (χ1v) is 6.15. The SMILES string of the molecule is COC(=O)CC(C)Nc1ccc(C(N)=S)cc1Cl. The molecule has 4 nitrogen and oxygen atoms in total. The molecule has 0 saturated carbocycles. The van der Waals surface area contributed by atoms with Gasteiger partial charge < -0.3 is 15.8 Å². The third-order valence-electron chi connectivity index (χ3n) is 2.36. The fourth-order valence-corrected chi connectivity index (χ4v) is 1.80. The van der Waals surface area contributed by atoms with Crippen LogP contribution in [0.5, 0.6) is 0 Å². The fraction of sp³-hybridized carbons (Fsp3) is 0.333. The molecule has 0 fully saturated rings. The lowest BCUT2D eigenvalue weighted by Crippen LogP contribution is -2.20. The zero-order valence-electron chi connectivity index (χ0n) is 10.2. The second kappa shape index (κ2) is 6.56. The van der Waals surface area contributed by atoms with Crippen molar-refractivity contribution in [3.05, 3.63) is 28.8 Å². The van der Waals surface area contributed by atoms with Crippen LogP contribution in [0.1, 0.15) is 18.9 Å². The molecule has 1 unspecified atom stereocenters. The van der Waals surface area contributed by atoms with Gasteiger partial charge in [0.05, 0.1) is 24.2 Å². The maximum Gasteiger partial charge on any atom is 0.307 e. The highest BCUT2D eigenvalue weighted by atomic mass is 35.5. The van der Waals surface area contributed by atoms with E-state index in [0.29, 0.717) is 15.6 Å². The topological polar surface area (TPSA) is 64.3 Å². The lowest BCUT2D eigenvalue weighted by atomic mass is 10.1. The van der Waals surface area contributed by atoms with Crippen LogP contribution in [0.15, 0.2) is 18.2 Å². The van der Waals surface area contributed by atoms with Crippen LogP contribution >= 0.6 is 23.8 Å². The molecule has 18 heavy (non-hydrogen) atoms. The minimum Gasteiger partial charge on any atom is -0.469 e. The number of nitrogens with two attached hydrogens (primary N) is 1. The maximum atomic E-state index is 11.1. The second-order valence-corrected chi connectivity index (χ2v) is 4.73. The number of esters is 1. The zero-order chi connectivity index (χ0) is 13.7. The molecule has 0 saturated heterocycles. The molecule has 0 aromatic heterocycles. The number of ether oxygens (including phenoxy) is 1. The highest BCUT2D eigenvalue weighted by molar-refractivity contribution is 7.80. The molecule has 3 N–H and O–H groups in total. The monoisotopic (exact) mass is 286 g/mol. The summed E-state index contributed by atoms with van der Waals surface area (Å²) >= 11 is 11.0. The highest BCUT2D eigenvalue weighted by Crippen LogP contribution is 2.24. The van der Waals surface area contributed by atoms with Crippen molar-refractivity contribution in [2.45, 2.75) is 19.4 Å². The molecule has 0 aliphatic carbocycles. The Balaban J connectivity index is 2.73. The smallest absolute Gasteiger partial charge is 0.307 e. The van der Waals surface area contributed by atoms with E-state index in [9.17, 15) is 4.79 Å². The number of methoxy groups -OCH3 is 1. The van der Waals surface area contributed by atoms with Gasteiger partial charge in [-0.15, -0.1) is 0 Å². The van der Waals surface area contributed by atoms with Crippen LogP contribution in [-0.2, 0) is 9.53 Å². The number of carbonyl (C=O) groups excluding carboxylic acids is 1. The minimum atomic E-state index is -0.272. The highest BCUT2D eigenvalue weighted by Gasteiger charge is 2.11. The number of benzene rings is 1. The largest absolute Gasteiger partial charge is 0.469 e. The summed E-state index contributed by atoms with van der Waals surface area (Å²) in [5.74, 6) is -0.272. The van der Waals surface area contributed by atoms with E-state index in [0.717, 1.165) is 5.69 Å². The summed E-state index contributed by atoms with van der Waals surface area (Å²) in [5, 5.41) is 3.64. The normalized spacial score (nSPS) is 11.7. The van der Waals surface area contributed by atoms with Gasteiger partial charge in [0, 0.05) is 11.6 Å². The maximum absolute atomic E-state index is 11.1. The molecule has 0 aliphatic rings. The molecule has 0 radical (unpaired) electrons. The molecule has 0 heterocycles. The predicted octanol–water partition coefficient (Wildman–Crippen LogP) is 2.34. The van der Waals surface area contributed by atoms with Crippen LogP contribution in [0.25, 0.3) is 0 Å². The van der Waals surface area contributed by atoms with Gasteiger partial charge in [-0.1, -0.05) is 23.8 Å². The van der Waals surface area contributed by atoms with Crippen molar-refractivity contribution in [2.75, 3.05) is 12.4 Å². The van der Waals surface area contributed by atoms with Crippen molar-refractivity contribution in [2.24, 2.45) is 5.73 Å². The van der Waals surface area contributed by atoms with Gasteiger partial charge in [-0.2, -0.15) is 0 Å². The Kier molecular flexibility index (Phi) is 5.37. The number of carbonyl (C=O) groups is 1. The van der Waals surface area contributed by atoms with Crippen molar-refractivity contribution >= 4 is 40.5 Å². The first-order valence-electron chi connectivity index (χ1n) is 5.36. The third kappa shape index (κ3) is 4.16. The average Bonchev–Trinajstić information content (AvgIpc) is 2.31. The van der Waals surface area contributed by atoms with Crippen LogP contribution in [0.2, 0.25) is 5.02 Å². The quantitative estimate of drug-likeness (QED) is 0.642. The summed E-state index contributed by atoms with van der Waals surface area (Å²) in [6.07, 6.45) is 0.268. The Hall–Kier alpha value is -1.33. The predicted molar refractivity (Wildman–Crippen MR) is 77.1 cm³/mol. The van der Waals surface area contributed by atoms with E-state index in [1.807, 2.05) is 6.92 Å². The van der Waals surface area contributed by atoms with E-state index in [-0.39, 0.29) is 18.4 Å². The van der Waals surface area contributed by atoms with E-state index >= 15 is 0 Å². The summed E-state index contributed by atoms with van der Waals surface area (Å²) in [5.41, 5.74) is 6.95. The zero-order valence-corrected chi connectivity index (χ0v) is 11.8. The first-order chi connectivity index (χ1) is 8.43. The number of halogens is 1. The summed E-state index contributed by atoms with van der Waals surface area (Å²) in [6.45, 7) is 1.87. The fourth-order valence-electron chi connectivity index (χ4n) is 1.44. The molecule has 1 rings (SSSR count). The summed E-state index contributed by atoms with van der Waals surface area (Å²) in [4.78, 5) is 11.4. The lowest BCUT2D eigenvalue weighted by molar-refractivity contribution is -0.140. The molecule has 0 bridgehead atoms. The minimum absolute atomic E-state index is 0.0781. The molecule has 6 heteroatoms. The van der Waals surface area contributed by atoms with Crippen molar-refractivity contribution in [1.82, 2.24) is 0 Å². The van der Waals surface area contributed by atoms with Crippen LogP contribution in [0.4, 0.5) is 5.69 Å². The Morgan fingerprint density at radius 1 is 1.61 bits per heavy atom. The molecular weight excluding hydrogens is 272 g/mol. The molecule has 0 aliphatic heterocycles. The first kappa shape index (κ1) is 14.7. The molecule has 0 spiro atoms. The van der Waals surface area contributed by atoms with Gasteiger partial charge >= 0.3 is 5.97 Å². The average molecular weight is 287 g/mol. The number of rotatable bonds is 5. The molecule has 1 aromatic rings. The van der Waals surface area contributed by atoms with Gasteiger partial charge in [-0.05, 0) is 25.1 Å². The molecule has 98 valence electrons. The summed E-state index contributed by atoms with van der Waals surface area (Å²) in [6, 6.07) is 5.17. The van der Waals surface area contributed by atoms with Gasteiger partial charge in [-0.25, -0.2) is 0 Å². The van der Waals surface area contributed by atoms with Crippen molar-refractivity contribution in [3.63, 3.8) is 0 Å². The van der Waals surface area contributed by atoms with Gasteiger partial charge in [0.25, 0.3) is 0 Å². The number of nitrogens with one attached hydrogen (secondary N) is 1. The number of thiocarbonyl (C=S) groups is 1. The van der Waals surface area contributed by atoms with E-state index in [2.05, 4.69) is 10.1 Å². The Labute approximate surface area is 116 Å². The third-order valence-corrected chi connectivity index (χ3v) is 2.90. The number of hydrogen-bond acceptors (Lipinski definition) is 4. The standard InChI is InChI=1S/C12H15ClN2O2S/c1-7(5-11(16)17-2)15-10-4-3-8(12(14)18)6-9(10)13/h3-4,6-7,15H,5H2,1-2H3,(H2,14,18). The van der Waals surface area contributed by atoms with Crippen LogP contribution in [-0.4, -0.2) is 24.1 Å². The second-order valence-electron chi connectivity index (χ2n) is 3.88. The molecule has 0 amide bonds. The van der Waals surface area contributed by atoms with E-state index in [1.54, 1.807) is 18.2 Å². The Bertz CT molecular complexity index is 465.